The molecule has 1 atom stereocenters. The number of aliphatic hydroxyl groups excluding tert-OH is 1. The van der Waals surface area contributed by atoms with Crippen LogP contribution < -0.4 is 9.47 Å². The summed E-state index contributed by atoms with van der Waals surface area (Å²) < 4.78 is 10.6. The van der Waals surface area contributed by atoms with Crippen LogP contribution in [0.2, 0.25) is 5.02 Å². The maximum atomic E-state index is 10.7. The van der Waals surface area contributed by atoms with E-state index in [-0.39, 0.29) is 0 Å². The van der Waals surface area contributed by atoms with Crippen molar-refractivity contribution in [2.75, 3.05) is 14.2 Å². The van der Waals surface area contributed by atoms with Crippen molar-refractivity contribution in [3.05, 3.63) is 57.6 Å². The second kappa shape index (κ2) is 6.37. The third-order valence-electron chi connectivity index (χ3n) is 3.45. The lowest BCUT2D eigenvalue weighted by Crippen LogP contribution is -2.04. The van der Waals surface area contributed by atoms with Crippen molar-refractivity contribution in [1.29, 1.82) is 0 Å². The molecule has 0 aliphatic carbocycles. The molecule has 0 radical (unpaired) electrons. The van der Waals surface area contributed by atoms with Gasteiger partial charge in [-0.2, -0.15) is 0 Å². The SMILES string of the molecule is COc1cc(C)c(C(O)c2cc(C)cc(Cl)c2)cc1OC. The average molecular weight is 307 g/mol. The molecule has 0 aliphatic rings. The van der Waals surface area contributed by atoms with Gasteiger partial charge < -0.3 is 14.6 Å². The second-order valence-corrected chi connectivity index (χ2v) is 5.46. The van der Waals surface area contributed by atoms with E-state index in [2.05, 4.69) is 0 Å². The number of aryl methyl sites for hydroxylation is 2. The van der Waals surface area contributed by atoms with E-state index in [9.17, 15) is 5.11 Å². The summed E-state index contributed by atoms with van der Waals surface area (Å²) in [5.41, 5.74) is 3.47. The minimum atomic E-state index is -0.762. The summed E-state index contributed by atoms with van der Waals surface area (Å²) in [5, 5.41) is 11.3. The smallest absolute Gasteiger partial charge is 0.161 e. The van der Waals surface area contributed by atoms with Crippen LogP contribution in [0, 0.1) is 13.8 Å². The Morgan fingerprint density at radius 1 is 0.952 bits per heavy atom. The van der Waals surface area contributed by atoms with Gasteiger partial charge in [0.2, 0.25) is 0 Å². The minimum absolute atomic E-state index is 0.593. The van der Waals surface area contributed by atoms with Crippen LogP contribution >= 0.6 is 11.6 Å². The number of aliphatic hydroxyl groups is 1. The Morgan fingerprint density at radius 3 is 2.14 bits per heavy atom. The van der Waals surface area contributed by atoms with Gasteiger partial charge in [0.05, 0.1) is 14.2 Å². The van der Waals surface area contributed by atoms with E-state index in [1.54, 1.807) is 26.4 Å². The van der Waals surface area contributed by atoms with Crippen LogP contribution in [0.1, 0.15) is 28.4 Å². The predicted octanol–water partition coefficient (Wildman–Crippen LogP) is 4.06. The molecule has 1 N–H and O–H groups in total. The Bertz CT molecular complexity index is 632. The van der Waals surface area contributed by atoms with Crippen molar-refractivity contribution in [2.24, 2.45) is 0 Å². The van der Waals surface area contributed by atoms with Gasteiger partial charge in [-0.05, 0) is 60.4 Å². The summed E-state index contributed by atoms with van der Waals surface area (Å²) >= 11 is 6.07. The zero-order valence-corrected chi connectivity index (χ0v) is 13.4. The highest BCUT2D eigenvalue weighted by Gasteiger charge is 2.17. The lowest BCUT2D eigenvalue weighted by atomic mass is 9.96. The summed E-state index contributed by atoms with van der Waals surface area (Å²) in [4.78, 5) is 0. The van der Waals surface area contributed by atoms with Gasteiger partial charge >= 0.3 is 0 Å². The molecule has 0 saturated heterocycles. The Kier molecular flexibility index (Phi) is 4.76. The molecule has 2 aromatic rings. The largest absolute Gasteiger partial charge is 0.493 e. The molecule has 0 bridgehead atoms. The fourth-order valence-electron chi connectivity index (χ4n) is 2.39. The van der Waals surface area contributed by atoms with E-state index in [1.165, 1.54) is 0 Å². The zero-order valence-electron chi connectivity index (χ0n) is 12.6. The first-order valence-electron chi connectivity index (χ1n) is 6.64. The van der Waals surface area contributed by atoms with Crippen LogP contribution in [0.4, 0.5) is 0 Å². The lowest BCUT2D eigenvalue weighted by molar-refractivity contribution is 0.218. The Balaban J connectivity index is 2.49. The summed E-state index contributed by atoms with van der Waals surface area (Å²) in [7, 11) is 3.17. The van der Waals surface area contributed by atoms with Crippen LogP contribution in [0.25, 0.3) is 0 Å². The van der Waals surface area contributed by atoms with Crippen molar-refractivity contribution in [2.45, 2.75) is 20.0 Å². The number of ether oxygens (including phenoxy) is 2. The molecule has 1 unspecified atom stereocenters. The summed E-state index contributed by atoms with van der Waals surface area (Å²) in [6.45, 7) is 3.88. The maximum absolute atomic E-state index is 10.7. The van der Waals surface area contributed by atoms with Crippen LogP contribution in [-0.2, 0) is 0 Å². The Hall–Kier alpha value is -1.71. The molecule has 0 aromatic heterocycles. The van der Waals surface area contributed by atoms with E-state index in [0.717, 1.165) is 22.3 Å². The molecule has 4 heteroatoms. The highest BCUT2D eigenvalue weighted by atomic mass is 35.5. The van der Waals surface area contributed by atoms with Gasteiger partial charge in [0.15, 0.2) is 11.5 Å². The third kappa shape index (κ3) is 3.31. The molecule has 3 nitrogen and oxygen atoms in total. The monoisotopic (exact) mass is 306 g/mol. The molecule has 0 amide bonds. The normalized spacial score (nSPS) is 12.1. The number of hydrogen-bond acceptors (Lipinski definition) is 3. The predicted molar refractivity (Wildman–Crippen MR) is 84.5 cm³/mol. The Morgan fingerprint density at radius 2 is 1.57 bits per heavy atom. The molecule has 0 aliphatic heterocycles. The molecular weight excluding hydrogens is 288 g/mol. The standard InChI is InChI=1S/C17H19ClO3/c1-10-5-12(8-13(18)6-10)17(19)14-9-16(21-4)15(20-3)7-11(14)2/h5-9,17,19H,1-4H3. The summed E-state index contributed by atoms with van der Waals surface area (Å²) in [5.74, 6) is 1.24. The molecule has 0 heterocycles. The summed E-state index contributed by atoms with van der Waals surface area (Å²) in [6, 6.07) is 9.21. The first-order chi connectivity index (χ1) is 9.96. The molecular formula is C17H19ClO3. The van der Waals surface area contributed by atoms with Crippen molar-refractivity contribution in [1.82, 2.24) is 0 Å². The van der Waals surface area contributed by atoms with E-state index in [0.29, 0.717) is 16.5 Å². The number of halogens is 1. The fourth-order valence-corrected chi connectivity index (χ4v) is 2.69. The quantitative estimate of drug-likeness (QED) is 0.926. The van der Waals surface area contributed by atoms with Crippen molar-refractivity contribution in [3.63, 3.8) is 0 Å². The van der Waals surface area contributed by atoms with Crippen molar-refractivity contribution in [3.8, 4) is 11.5 Å². The number of rotatable bonds is 4. The second-order valence-electron chi connectivity index (χ2n) is 5.03. The Labute approximate surface area is 130 Å². The molecule has 0 saturated carbocycles. The van der Waals surface area contributed by atoms with Crippen molar-refractivity contribution >= 4 is 11.6 Å². The van der Waals surface area contributed by atoms with Gasteiger partial charge in [-0.1, -0.05) is 17.7 Å². The van der Waals surface area contributed by atoms with Gasteiger partial charge in [-0.3, -0.25) is 0 Å². The first kappa shape index (κ1) is 15.7. The van der Waals surface area contributed by atoms with E-state index in [4.69, 9.17) is 21.1 Å². The van der Waals surface area contributed by atoms with Gasteiger partial charge in [-0.15, -0.1) is 0 Å². The number of hydrogen-bond donors (Lipinski definition) is 1. The van der Waals surface area contributed by atoms with Gasteiger partial charge in [0.25, 0.3) is 0 Å². The van der Waals surface area contributed by atoms with Crippen LogP contribution in [0.15, 0.2) is 30.3 Å². The molecule has 21 heavy (non-hydrogen) atoms. The fraction of sp³-hybridized carbons (Fsp3) is 0.294. The topological polar surface area (TPSA) is 38.7 Å². The van der Waals surface area contributed by atoms with E-state index in [1.807, 2.05) is 32.0 Å². The summed E-state index contributed by atoms with van der Waals surface area (Å²) in [6.07, 6.45) is -0.762. The lowest BCUT2D eigenvalue weighted by Gasteiger charge is -2.18. The van der Waals surface area contributed by atoms with Crippen LogP contribution in [-0.4, -0.2) is 19.3 Å². The van der Waals surface area contributed by atoms with Gasteiger partial charge in [0.1, 0.15) is 6.10 Å². The molecule has 0 fully saturated rings. The van der Waals surface area contributed by atoms with E-state index >= 15 is 0 Å². The molecule has 2 aromatic carbocycles. The molecule has 2 rings (SSSR count). The van der Waals surface area contributed by atoms with E-state index < -0.39 is 6.10 Å². The minimum Gasteiger partial charge on any atom is -0.493 e. The van der Waals surface area contributed by atoms with Crippen LogP contribution in [0.5, 0.6) is 11.5 Å². The molecule has 112 valence electrons. The average Bonchev–Trinajstić information content (AvgIpc) is 2.45. The maximum Gasteiger partial charge on any atom is 0.161 e. The van der Waals surface area contributed by atoms with Gasteiger partial charge in [0, 0.05) is 5.02 Å². The molecule has 0 spiro atoms. The highest BCUT2D eigenvalue weighted by Crippen LogP contribution is 2.35. The number of benzene rings is 2. The zero-order chi connectivity index (χ0) is 15.6. The van der Waals surface area contributed by atoms with Crippen LogP contribution in [0.3, 0.4) is 0 Å². The van der Waals surface area contributed by atoms with Gasteiger partial charge in [-0.25, -0.2) is 0 Å². The van der Waals surface area contributed by atoms with Crippen molar-refractivity contribution < 1.29 is 14.6 Å². The number of methoxy groups -OCH3 is 2. The first-order valence-corrected chi connectivity index (χ1v) is 7.01. The highest BCUT2D eigenvalue weighted by molar-refractivity contribution is 6.30. The third-order valence-corrected chi connectivity index (χ3v) is 3.67.